The molecule has 0 radical (unpaired) electrons. The molecule has 0 spiro atoms. The van der Waals surface area contributed by atoms with Crippen LogP contribution >= 0.6 is 0 Å². The summed E-state index contributed by atoms with van der Waals surface area (Å²) in [5.41, 5.74) is 2.36. The molecule has 0 aromatic heterocycles. The molecule has 0 saturated carbocycles. The van der Waals surface area contributed by atoms with Crippen LogP contribution in [0.4, 0.5) is 0 Å². The Kier molecular flexibility index (Phi) is 9.07. The summed E-state index contributed by atoms with van der Waals surface area (Å²) >= 11 is 0. The molecule has 0 saturated heterocycles. The first kappa shape index (κ1) is 18.3. The molecule has 0 aliphatic rings. The average Bonchev–Trinajstić information content (AvgIpc) is 2.51. The molecule has 0 fully saturated rings. The van der Waals surface area contributed by atoms with Gasteiger partial charge in [0.25, 0.3) is 0 Å². The van der Waals surface area contributed by atoms with Crippen LogP contribution in [-0.2, 0) is 4.74 Å². The third kappa shape index (κ3) is 6.80. The maximum atomic E-state index is 5.88. The Labute approximate surface area is 134 Å². The van der Waals surface area contributed by atoms with Crippen molar-refractivity contribution < 1.29 is 9.47 Å². The number of nitrogens with one attached hydrogen (secondary N) is 2. The number of nitrogens with zero attached hydrogens (tertiary/aromatic N) is 1. The summed E-state index contributed by atoms with van der Waals surface area (Å²) in [6.07, 6.45) is 0.917. The van der Waals surface area contributed by atoms with Gasteiger partial charge in [-0.3, -0.25) is 4.99 Å². The first-order chi connectivity index (χ1) is 10.7. The lowest BCUT2D eigenvalue weighted by molar-refractivity contribution is 0.152. The quantitative estimate of drug-likeness (QED) is 0.417. The smallest absolute Gasteiger partial charge is 0.191 e. The fourth-order valence-electron chi connectivity index (χ4n) is 2.09. The molecule has 0 bridgehead atoms. The van der Waals surface area contributed by atoms with Crippen LogP contribution in [0.25, 0.3) is 0 Å². The van der Waals surface area contributed by atoms with E-state index < -0.39 is 0 Å². The van der Waals surface area contributed by atoms with Gasteiger partial charge in [-0.1, -0.05) is 18.2 Å². The van der Waals surface area contributed by atoms with Gasteiger partial charge in [0.1, 0.15) is 5.75 Å². The number of aliphatic imine (C=N–C) groups is 1. The lowest BCUT2D eigenvalue weighted by Gasteiger charge is -2.14. The SMILES string of the molecule is CCOCCNC(=NC)NCCCOc1c(C)cccc1C. The average molecular weight is 307 g/mol. The number of hydrogen-bond donors (Lipinski definition) is 2. The van der Waals surface area contributed by atoms with Gasteiger partial charge in [-0.05, 0) is 38.3 Å². The second-order valence-electron chi connectivity index (χ2n) is 5.05. The van der Waals surface area contributed by atoms with Gasteiger partial charge in [-0.2, -0.15) is 0 Å². The Bertz CT molecular complexity index is 441. The minimum atomic E-state index is 0.687. The van der Waals surface area contributed by atoms with Crippen LogP contribution in [0, 0.1) is 13.8 Å². The molecular formula is C17H29N3O2. The van der Waals surface area contributed by atoms with Gasteiger partial charge in [0.05, 0.1) is 13.2 Å². The van der Waals surface area contributed by atoms with Crippen molar-refractivity contribution >= 4 is 5.96 Å². The summed E-state index contributed by atoms with van der Waals surface area (Å²) in [4.78, 5) is 4.17. The van der Waals surface area contributed by atoms with E-state index in [9.17, 15) is 0 Å². The molecule has 2 N–H and O–H groups in total. The van der Waals surface area contributed by atoms with Crippen LogP contribution in [-0.4, -0.2) is 45.9 Å². The molecule has 22 heavy (non-hydrogen) atoms. The lowest BCUT2D eigenvalue weighted by Crippen LogP contribution is -2.39. The Morgan fingerprint density at radius 1 is 1.09 bits per heavy atom. The highest BCUT2D eigenvalue weighted by Crippen LogP contribution is 2.22. The molecule has 5 heteroatoms. The summed E-state index contributed by atoms with van der Waals surface area (Å²) < 4.78 is 11.2. The Morgan fingerprint density at radius 2 is 1.77 bits per heavy atom. The highest BCUT2D eigenvalue weighted by atomic mass is 16.5. The zero-order valence-corrected chi connectivity index (χ0v) is 14.2. The van der Waals surface area contributed by atoms with E-state index in [4.69, 9.17) is 9.47 Å². The first-order valence-corrected chi connectivity index (χ1v) is 7.90. The zero-order chi connectivity index (χ0) is 16.2. The second kappa shape index (κ2) is 10.9. The molecule has 0 amide bonds. The van der Waals surface area contributed by atoms with Gasteiger partial charge in [0, 0.05) is 26.7 Å². The molecule has 5 nitrogen and oxygen atoms in total. The number of hydrogen-bond acceptors (Lipinski definition) is 3. The largest absolute Gasteiger partial charge is 0.493 e. The van der Waals surface area contributed by atoms with Crippen LogP contribution in [0.3, 0.4) is 0 Å². The van der Waals surface area contributed by atoms with E-state index in [0.29, 0.717) is 13.2 Å². The molecule has 0 atom stereocenters. The van der Waals surface area contributed by atoms with E-state index in [0.717, 1.165) is 37.8 Å². The van der Waals surface area contributed by atoms with Crippen LogP contribution in [0.15, 0.2) is 23.2 Å². The number of guanidine groups is 1. The topological polar surface area (TPSA) is 54.9 Å². The molecule has 1 rings (SSSR count). The predicted molar refractivity (Wildman–Crippen MR) is 91.9 cm³/mol. The standard InChI is InChI=1S/C17H29N3O2/c1-5-21-13-11-20-17(18-4)19-10-7-12-22-16-14(2)8-6-9-15(16)3/h6,8-9H,5,7,10-13H2,1-4H3,(H2,18,19,20). The number of benzene rings is 1. The third-order valence-corrected chi connectivity index (χ3v) is 3.24. The highest BCUT2D eigenvalue weighted by Gasteiger charge is 2.02. The minimum absolute atomic E-state index is 0.687. The molecule has 0 unspecified atom stereocenters. The number of aryl methyl sites for hydroxylation is 2. The van der Waals surface area contributed by atoms with Gasteiger partial charge >= 0.3 is 0 Å². The van der Waals surface area contributed by atoms with Crippen molar-refractivity contribution in [2.45, 2.75) is 27.2 Å². The highest BCUT2D eigenvalue weighted by molar-refractivity contribution is 5.79. The number of ether oxygens (including phenoxy) is 2. The lowest BCUT2D eigenvalue weighted by atomic mass is 10.1. The molecule has 0 aliphatic carbocycles. The van der Waals surface area contributed by atoms with Gasteiger partial charge in [-0.15, -0.1) is 0 Å². The first-order valence-electron chi connectivity index (χ1n) is 7.90. The fraction of sp³-hybridized carbons (Fsp3) is 0.588. The molecule has 0 aliphatic heterocycles. The van der Waals surface area contributed by atoms with Crippen molar-refractivity contribution in [3.05, 3.63) is 29.3 Å². The van der Waals surface area contributed by atoms with Gasteiger partial charge in [0.2, 0.25) is 0 Å². The second-order valence-corrected chi connectivity index (χ2v) is 5.05. The van der Waals surface area contributed by atoms with E-state index in [2.05, 4.69) is 47.7 Å². The van der Waals surface area contributed by atoms with Crippen molar-refractivity contribution in [1.82, 2.24) is 10.6 Å². The maximum Gasteiger partial charge on any atom is 0.191 e. The number of rotatable bonds is 9. The molecule has 1 aromatic rings. The molecule has 124 valence electrons. The van der Waals surface area contributed by atoms with Crippen LogP contribution in [0.2, 0.25) is 0 Å². The van der Waals surface area contributed by atoms with E-state index in [1.54, 1.807) is 7.05 Å². The van der Waals surface area contributed by atoms with Crippen molar-refractivity contribution in [2.75, 3.05) is 40.0 Å². The Morgan fingerprint density at radius 3 is 2.41 bits per heavy atom. The van der Waals surface area contributed by atoms with Crippen LogP contribution in [0.1, 0.15) is 24.5 Å². The van der Waals surface area contributed by atoms with Crippen molar-refractivity contribution in [3.63, 3.8) is 0 Å². The van der Waals surface area contributed by atoms with E-state index in [1.807, 2.05) is 6.92 Å². The van der Waals surface area contributed by atoms with Crippen molar-refractivity contribution in [3.8, 4) is 5.75 Å². The summed E-state index contributed by atoms with van der Waals surface area (Å²) in [7, 11) is 1.77. The zero-order valence-electron chi connectivity index (χ0n) is 14.2. The summed E-state index contributed by atoms with van der Waals surface area (Å²) in [6.45, 7) is 9.83. The normalized spacial score (nSPS) is 11.4. The van der Waals surface area contributed by atoms with E-state index in [1.165, 1.54) is 11.1 Å². The number of para-hydroxylation sites is 1. The van der Waals surface area contributed by atoms with Crippen LogP contribution < -0.4 is 15.4 Å². The van der Waals surface area contributed by atoms with Gasteiger partial charge < -0.3 is 20.1 Å². The third-order valence-electron chi connectivity index (χ3n) is 3.24. The van der Waals surface area contributed by atoms with Crippen molar-refractivity contribution in [1.29, 1.82) is 0 Å². The Balaban J connectivity index is 2.19. The minimum Gasteiger partial charge on any atom is -0.493 e. The fourth-order valence-corrected chi connectivity index (χ4v) is 2.09. The summed E-state index contributed by atoms with van der Waals surface area (Å²) in [6, 6.07) is 6.20. The van der Waals surface area contributed by atoms with E-state index >= 15 is 0 Å². The van der Waals surface area contributed by atoms with Crippen LogP contribution in [0.5, 0.6) is 5.75 Å². The molecule has 0 heterocycles. The predicted octanol–water partition coefficient (Wildman–Crippen LogP) is 2.27. The van der Waals surface area contributed by atoms with E-state index in [-0.39, 0.29) is 0 Å². The molecular weight excluding hydrogens is 278 g/mol. The Hall–Kier alpha value is -1.75. The van der Waals surface area contributed by atoms with Crippen molar-refractivity contribution in [2.24, 2.45) is 4.99 Å². The monoisotopic (exact) mass is 307 g/mol. The maximum absolute atomic E-state index is 5.88. The van der Waals surface area contributed by atoms with Gasteiger partial charge in [0.15, 0.2) is 5.96 Å². The summed E-state index contributed by atoms with van der Waals surface area (Å²) in [5, 5.41) is 6.47. The summed E-state index contributed by atoms with van der Waals surface area (Å²) in [5.74, 6) is 1.80. The molecule has 1 aromatic carbocycles. The van der Waals surface area contributed by atoms with Gasteiger partial charge in [-0.25, -0.2) is 0 Å².